The van der Waals surface area contributed by atoms with Gasteiger partial charge >= 0.3 is 5.97 Å². The fourth-order valence-corrected chi connectivity index (χ4v) is 2.97. The molecule has 0 saturated carbocycles. The summed E-state index contributed by atoms with van der Waals surface area (Å²) in [6.45, 7) is 0.0406. The van der Waals surface area contributed by atoms with Crippen molar-refractivity contribution in [3.05, 3.63) is 93.5 Å². The van der Waals surface area contributed by atoms with E-state index in [0.29, 0.717) is 10.6 Å². The first kappa shape index (κ1) is 19.7. The zero-order valence-corrected chi connectivity index (χ0v) is 16.0. The van der Waals surface area contributed by atoms with Crippen LogP contribution >= 0.6 is 23.2 Å². The number of halogens is 2. The lowest BCUT2D eigenvalue weighted by molar-refractivity contribution is 0.0691. The van der Waals surface area contributed by atoms with Gasteiger partial charge in [-0.15, -0.1) is 0 Å². The minimum absolute atomic E-state index is 0.0373. The number of ether oxygens (including phenoxy) is 1. The summed E-state index contributed by atoms with van der Waals surface area (Å²) in [7, 11) is 0. The fraction of sp³-hybridized carbons (Fsp3) is 0.0476. The number of hydrogen-bond acceptors (Lipinski definition) is 3. The maximum Gasteiger partial charge on any atom is 0.339 e. The van der Waals surface area contributed by atoms with Crippen LogP contribution in [0.3, 0.4) is 0 Å². The summed E-state index contributed by atoms with van der Waals surface area (Å²) < 4.78 is 5.75. The highest BCUT2D eigenvalue weighted by molar-refractivity contribution is 6.34. The van der Waals surface area contributed by atoms with Gasteiger partial charge in [-0.05, 0) is 30.3 Å². The molecule has 0 aliphatic carbocycles. The number of anilines is 1. The van der Waals surface area contributed by atoms with Crippen LogP contribution in [0.15, 0.2) is 66.7 Å². The van der Waals surface area contributed by atoms with Crippen LogP contribution in [0.25, 0.3) is 0 Å². The number of carbonyl (C=O) groups excluding carboxylic acids is 1. The Morgan fingerprint density at radius 1 is 0.857 bits per heavy atom. The number of hydrogen-bond donors (Lipinski definition) is 2. The molecule has 5 nitrogen and oxygen atoms in total. The Labute approximate surface area is 171 Å². The van der Waals surface area contributed by atoms with Crippen molar-refractivity contribution < 1.29 is 19.4 Å². The van der Waals surface area contributed by atoms with Crippen molar-refractivity contribution in [1.29, 1.82) is 0 Å². The van der Waals surface area contributed by atoms with E-state index < -0.39 is 11.9 Å². The summed E-state index contributed by atoms with van der Waals surface area (Å²) >= 11 is 12.2. The first-order valence-electron chi connectivity index (χ1n) is 8.25. The van der Waals surface area contributed by atoms with E-state index in [2.05, 4.69) is 5.32 Å². The monoisotopic (exact) mass is 415 g/mol. The molecule has 3 rings (SSSR count). The molecule has 0 aromatic heterocycles. The lowest BCUT2D eigenvalue weighted by atomic mass is 10.1. The van der Waals surface area contributed by atoms with Gasteiger partial charge in [0.2, 0.25) is 0 Å². The van der Waals surface area contributed by atoms with Crippen LogP contribution in [0, 0.1) is 0 Å². The second-order valence-corrected chi connectivity index (χ2v) is 6.62. The van der Waals surface area contributed by atoms with Gasteiger partial charge in [-0.2, -0.15) is 0 Å². The number of amides is 1. The quantitative estimate of drug-likeness (QED) is 0.555. The van der Waals surface area contributed by atoms with Crippen molar-refractivity contribution >= 4 is 40.8 Å². The van der Waals surface area contributed by atoms with Gasteiger partial charge in [0.25, 0.3) is 5.91 Å². The molecule has 7 heteroatoms. The largest absolute Gasteiger partial charge is 0.486 e. The van der Waals surface area contributed by atoms with Crippen molar-refractivity contribution in [3.63, 3.8) is 0 Å². The molecule has 0 spiro atoms. The van der Waals surface area contributed by atoms with Crippen LogP contribution in [0.2, 0.25) is 10.0 Å². The zero-order chi connectivity index (χ0) is 20.1. The second kappa shape index (κ2) is 8.78. The third kappa shape index (κ3) is 4.44. The molecule has 3 aromatic rings. The highest BCUT2D eigenvalue weighted by Gasteiger charge is 2.19. The molecule has 0 fully saturated rings. The van der Waals surface area contributed by atoms with Crippen LogP contribution in [-0.2, 0) is 6.61 Å². The van der Waals surface area contributed by atoms with Crippen LogP contribution < -0.4 is 10.1 Å². The standard InChI is InChI=1S/C21H15Cl2NO4/c22-16-9-3-1-6-13(16)12-28-19-15(21(26)27)8-5-11-18(19)24-20(25)14-7-2-4-10-17(14)23/h1-11H,12H2,(H,24,25)(H,26,27). The molecule has 1 amide bonds. The average molecular weight is 416 g/mol. The van der Waals surface area contributed by atoms with Crippen LogP contribution in [0.4, 0.5) is 5.69 Å². The summed E-state index contributed by atoms with van der Waals surface area (Å²) in [6.07, 6.45) is 0. The Bertz CT molecular complexity index is 1040. The van der Waals surface area contributed by atoms with Crippen LogP contribution in [0.1, 0.15) is 26.3 Å². The summed E-state index contributed by atoms with van der Waals surface area (Å²) in [6, 6.07) is 18.1. The van der Waals surface area contributed by atoms with Gasteiger partial charge in [0.05, 0.1) is 16.3 Å². The SMILES string of the molecule is O=C(Nc1cccc(C(=O)O)c1OCc1ccccc1Cl)c1ccccc1Cl. The highest BCUT2D eigenvalue weighted by Crippen LogP contribution is 2.31. The molecule has 0 unspecified atom stereocenters. The van der Waals surface area contributed by atoms with Crippen molar-refractivity contribution in [2.75, 3.05) is 5.32 Å². The number of carbonyl (C=O) groups is 2. The number of aromatic carboxylic acids is 1. The summed E-state index contributed by atoms with van der Waals surface area (Å²) in [4.78, 5) is 24.2. The first-order valence-corrected chi connectivity index (χ1v) is 9.01. The van der Waals surface area contributed by atoms with Crippen molar-refractivity contribution in [1.82, 2.24) is 0 Å². The van der Waals surface area contributed by atoms with Crippen molar-refractivity contribution in [2.24, 2.45) is 0 Å². The van der Waals surface area contributed by atoms with E-state index in [-0.39, 0.29) is 34.2 Å². The topological polar surface area (TPSA) is 75.6 Å². The molecule has 142 valence electrons. The Kier molecular flexibility index (Phi) is 6.19. The van der Waals surface area contributed by atoms with E-state index in [1.165, 1.54) is 12.1 Å². The summed E-state index contributed by atoms with van der Waals surface area (Å²) in [5, 5.41) is 12.9. The molecule has 2 N–H and O–H groups in total. The number of benzene rings is 3. The van der Waals surface area contributed by atoms with E-state index in [4.69, 9.17) is 27.9 Å². The highest BCUT2D eigenvalue weighted by atomic mass is 35.5. The normalized spacial score (nSPS) is 10.4. The molecule has 0 saturated heterocycles. The summed E-state index contributed by atoms with van der Waals surface area (Å²) in [5.41, 5.74) is 1.09. The van der Waals surface area contributed by atoms with Gasteiger partial charge in [0.15, 0.2) is 5.75 Å². The van der Waals surface area contributed by atoms with E-state index >= 15 is 0 Å². The fourth-order valence-electron chi connectivity index (χ4n) is 2.56. The Morgan fingerprint density at radius 3 is 2.18 bits per heavy atom. The smallest absolute Gasteiger partial charge is 0.339 e. The molecular weight excluding hydrogens is 401 g/mol. The zero-order valence-electron chi connectivity index (χ0n) is 14.5. The van der Waals surface area contributed by atoms with Crippen molar-refractivity contribution in [2.45, 2.75) is 6.61 Å². The Hall–Kier alpha value is -3.02. The Morgan fingerprint density at radius 2 is 1.50 bits per heavy atom. The molecule has 3 aromatic carbocycles. The molecule has 0 heterocycles. The average Bonchev–Trinajstić information content (AvgIpc) is 2.68. The van der Waals surface area contributed by atoms with Crippen LogP contribution in [0.5, 0.6) is 5.75 Å². The molecule has 0 aliphatic heterocycles. The molecule has 28 heavy (non-hydrogen) atoms. The minimum atomic E-state index is -1.18. The molecule has 0 bridgehead atoms. The van der Waals surface area contributed by atoms with Crippen LogP contribution in [-0.4, -0.2) is 17.0 Å². The van der Waals surface area contributed by atoms with E-state index in [0.717, 1.165) is 0 Å². The van der Waals surface area contributed by atoms with Gasteiger partial charge in [0, 0.05) is 10.6 Å². The lowest BCUT2D eigenvalue weighted by Crippen LogP contribution is -2.15. The first-order chi connectivity index (χ1) is 13.5. The number of carboxylic acid groups (broad SMARTS) is 1. The van der Waals surface area contributed by atoms with Gasteiger partial charge < -0.3 is 15.2 Å². The third-order valence-corrected chi connectivity index (χ3v) is 4.64. The van der Waals surface area contributed by atoms with E-state index in [9.17, 15) is 14.7 Å². The molecule has 0 aliphatic rings. The molecular formula is C21H15Cl2NO4. The summed E-state index contributed by atoms with van der Waals surface area (Å²) in [5.74, 6) is -1.62. The maximum absolute atomic E-state index is 12.6. The van der Waals surface area contributed by atoms with E-state index in [1.807, 2.05) is 0 Å². The predicted octanol–water partition coefficient (Wildman–Crippen LogP) is 5.52. The molecule has 0 radical (unpaired) electrons. The van der Waals surface area contributed by atoms with Gasteiger partial charge in [-0.3, -0.25) is 4.79 Å². The minimum Gasteiger partial charge on any atom is -0.486 e. The second-order valence-electron chi connectivity index (χ2n) is 5.80. The number of rotatable bonds is 6. The maximum atomic E-state index is 12.6. The van der Waals surface area contributed by atoms with Gasteiger partial charge in [-0.25, -0.2) is 4.79 Å². The van der Waals surface area contributed by atoms with Gasteiger partial charge in [-0.1, -0.05) is 59.6 Å². The Balaban J connectivity index is 1.92. The molecule has 0 atom stereocenters. The number of nitrogens with one attached hydrogen (secondary N) is 1. The van der Waals surface area contributed by atoms with E-state index in [1.54, 1.807) is 54.6 Å². The van der Waals surface area contributed by atoms with Gasteiger partial charge in [0.1, 0.15) is 12.2 Å². The predicted molar refractivity (Wildman–Crippen MR) is 109 cm³/mol. The number of para-hydroxylation sites is 1. The lowest BCUT2D eigenvalue weighted by Gasteiger charge is -2.16. The number of carboxylic acids is 1. The third-order valence-electron chi connectivity index (χ3n) is 3.94. The van der Waals surface area contributed by atoms with Crippen molar-refractivity contribution in [3.8, 4) is 5.75 Å².